The van der Waals surface area contributed by atoms with Crippen LogP contribution in [0, 0.1) is 0 Å². The van der Waals surface area contributed by atoms with Crippen LogP contribution in [0.25, 0.3) is 0 Å². The van der Waals surface area contributed by atoms with Crippen molar-refractivity contribution in [2.24, 2.45) is 0 Å². The molecule has 1 aliphatic heterocycles. The number of ether oxygens (including phenoxy) is 3. The molecule has 130 valence electrons. The topological polar surface area (TPSA) is 73.9 Å². The van der Waals surface area contributed by atoms with E-state index in [2.05, 4.69) is 5.32 Å². The third-order valence-electron chi connectivity index (χ3n) is 3.72. The van der Waals surface area contributed by atoms with Crippen molar-refractivity contribution in [2.75, 3.05) is 7.11 Å². The average Bonchev–Trinajstić information content (AvgIpc) is 2.57. The molecular weight excluding hydrogens is 310 g/mol. The highest BCUT2D eigenvalue weighted by atomic mass is 16.6. The first-order valence-corrected chi connectivity index (χ1v) is 7.93. The van der Waals surface area contributed by atoms with Gasteiger partial charge in [0.05, 0.1) is 19.3 Å². The number of methoxy groups -OCH3 is 1. The molecular formula is C18H23NO5. The summed E-state index contributed by atoms with van der Waals surface area (Å²) in [7, 11) is 1.28. The van der Waals surface area contributed by atoms with Gasteiger partial charge in [0.2, 0.25) is 0 Å². The molecule has 24 heavy (non-hydrogen) atoms. The Labute approximate surface area is 141 Å². The van der Waals surface area contributed by atoms with Gasteiger partial charge in [-0.05, 0) is 37.8 Å². The van der Waals surface area contributed by atoms with Crippen LogP contribution in [-0.2, 0) is 25.6 Å². The fraction of sp³-hybridized carbons (Fsp3) is 0.444. The van der Waals surface area contributed by atoms with Gasteiger partial charge in [0.25, 0.3) is 0 Å². The van der Waals surface area contributed by atoms with Crippen LogP contribution in [0.3, 0.4) is 0 Å². The number of alkyl carbamates (subject to hydrolysis) is 1. The van der Waals surface area contributed by atoms with Gasteiger partial charge >= 0.3 is 12.1 Å². The number of rotatable bonds is 4. The molecule has 0 aliphatic carbocycles. The van der Waals surface area contributed by atoms with Crippen molar-refractivity contribution in [1.29, 1.82) is 0 Å². The molecule has 1 N–H and O–H groups in total. The maximum atomic E-state index is 12.0. The van der Waals surface area contributed by atoms with Gasteiger partial charge in [0.15, 0.2) is 0 Å². The number of nitrogens with one attached hydrogen (secondary N) is 1. The maximum Gasteiger partial charge on any atom is 0.412 e. The molecule has 1 amide bonds. The van der Waals surface area contributed by atoms with Crippen molar-refractivity contribution in [3.05, 3.63) is 47.2 Å². The standard InChI is InChI=1S/C18H23NO5/c1-12-9-15(10-13(2)24-12)16(17(20)22-3)19-18(21)23-11-14-7-5-4-6-8-14/h4-8,12-13H,9-11H2,1-3H3,(H,19,21)/b16-15-/t12-,13+/m1/s1. The molecule has 0 spiro atoms. The Morgan fingerprint density at radius 3 is 2.38 bits per heavy atom. The lowest BCUT2D eigenvalue weighted by molar-refractivity contribution is -0.136. The molecule has 1 fully saturated rings. The van der Waals surface area contributed by atoms with E-state index in [0.717, 1.165) is 11.1 Å². The Kier molecular flexibility index (Phi) is 6.37. The predicted molar refractivity (Wildman–Crippen MR) is 88.0 cm³/mol. The predicted octanol–water partition coefficient (Wildman–Crippen LogP) is 2.93. The van der Waals surface area contributed by atoms with E-state index in [9.17, 15) is 9.59 Å². The Morgan fingerprint density at radius 2 is 1.79 bits per heavy atom. The molecule has 0 radical (unpaired) electrons. The molecule has 1 saturated heterocycles. The monoisotopic (exact) mass is 333 g/mol. The summed E-state index contributed by atoms with van der Waals surface area (Å²) in [6, 6.07) is 9.33. The molecule has 0 bridgehead atoms. The van der Waals surface area contributed by atoms with E-state index in [1.165, 1.54) is 7.11 Å². The summed E-state index contributed by atoms with van der Waals surface area (Å²) in [5.74, 6) is -0.581. The number of carbonyl (C=O) groups excluding carboxylic acids is 2. The average molecular weight is 333 g/mol. The van der Waals surface area contributed by atoms with E-state index in [-0.39, 0.29) is 24.5 Å². The summed E-state index contributed by atoms with van der Waals surface area (Å²) in [6.45, 7) is 3.99. The van der Waals surface area contributed by atoms with Crippen LogP contribution >= 0.6 is 0 Å². The number of benzene rings is 1. The van der Waals surface area contributed by atoms with Gasteiger partial charge in [0, 0.05) is 0 Å². The molecule has 1 aliphatic rings. The maximum absolute atomic E-state index is 12.0. The number of hydrogen-bond donors (Lipinski definition) is 1. The van der Waals surface area contributed by atoms with E-state index in [4.69, 9.17) is 14.2 Å². The second-order valence-electron chi connectivity index (χ2n) is 5.82. The van der Waals surface area contributed by atoms with Crippen LogP contribution in [0.1, 0.15) is 32.3 Å². The van der Waals surface area contributed by atoms with Crippen molar-refractivity contribution in [3.63, 3.8) is 0 Å². The molecule has 0 unspecified atom stereocenters. The Balaban J connectivity index is 2.05. The van der Waals surface area contributed by atoms with Gasteiger partial charge in [0.1, 0.15) is 12.3 Å². The first kappa shape index (κ1) is 18.0. The molecule has 1 aromatic carbocycles. The van der Waals surface area contributed by atoms with Crippen LogP contribution in [-0.4, -0.2) is 31.4 Å². The Bertz CT molecular complexity index is 599. The number of hydrogen-bond acceptors (Lipinski definition) is 5. The molecule has 1 aromatic rings. The normalized spacial score (nSPS) is 22.5. The van der Waals surface area contributed by atoms with E-state index in [1.807, 2.05) is 44.2 Å². The lowest BCUT2D eigenvalue weighted by atomic mass is 9.97. The van der Waals surface area contributed by atoms with Crippen LogP contribution < -0.4 is 5.32 Å². The zero-order valence-corrected chi connectivity index (χ0v) is 14.2. The SMILES string of the molecule is COC(=O)/C(NC(=O)OCc1ccccc1)=C1\C[C@@H](C)O[C@@H](C)C1. The zero-order valence-electron chi connectivity index (χ0n) is 14.2. The Morgan fingerprint density at radius 1 is 1.17 bits per heavy atom. The summed E-state index contributed by atoms with van der Waals surface area (Å²) >= 11 is 0. The lowest BCUT2D eigenvalue weighted by Gasteiger charge is -2.28. The van der Waals surface area contributed by atoms with Crippen molar-refractivity contribution < 1.29 is 23.8 Å². The highest BCUT2D eigenvalue weighted by Gasteiger charge is 2.26. The van der Waals surface area contributed by atoms with Gasteiger partial charge in [-0.1, -0.05) is 30.3 Å². The molecule has 2 rings (SSSR count). The van der Waals surface area contributed by atoms with Crippen molar-refractivity contribution in [2.45, 2.75) is 45.5 Å². The van der Waals surface area contributed by atoms with E-state index in [1.54, 1.807) is 0 Å². The number of esters is 1. The lowest BCUT2D eigenvalue weighted by Crippen LogP contribution is -2.33. The quantitative estimate of drug-likeness (QED) is 0.677. The van der Waals surface area contributed by atoms with Gasteiger partial charge in [-0.25, -0.2) is 9.59 Å². The van der Waals surface area contributed by atoms with Gasteiger partial charge in [-0.2, -0.15) is 0 Å². The molecule has 6 heteroatoms. The third-order valence-corrected chi connectivity index (χ3v) is 3.72. The number of amides is 1. The van der Waals surface area contributed by atoms with Crippen molar-refractivity contribution >= 4 is 12.1 Å². The summed E-state index contributed by atoms with van der Waals surface area (Å²) < 4.78 is 15.6. The third kappa shape index (κ3) is 5.09. The molecule has 1 heterocycles. The summed E-state index contributed by atoms with van der Waals surface area (Å²) in [4.78, 5) is 24.1. The summed E-state index contributed by atoms with van der Waals surface area (Å²) in [6.07, 6.45) is 0.399. The summed E-state index contributed by atoms with van der Waals surface area (Å²) in [5.41, 5.74) is 1.83. The Hall–Kier alpha value is -2.34. The molecule has 6 nitrogen and oxygen atoms in total. The minimum atomic E-state index is -0.682. The highest BCUT2D eigenvalue weighted by Crippen LogP contribution is 2.26. The highest BCUT2D eigenvalue weighted by molar-refractivity contribution is 5.93. The zero-order chi connectivity index (χ0) is 17.5. The fourth-order valence-corrected chi connectivity index (χ4v) is 2.72. The molecule has 0 aromatic heterocycles. The first-order chi connectivity index (χ1) is 11.5. The molecule has 0 saturated carbocycles. The van der Waals surface area contributed by atoms with Crippen LogP contribution in [0.15, 0.2) is 41.6 Å². The van der Waals surface area contributed by atoms with E-state index < -0.39 is 12.1 Å². The van der Waals surface area contributed by atoms with Gasteiger partial charge < -0.3 is 14.2 Å². The van der Waals surface area contributed by atoms with E-state index >= 15 is 0 Å². The minimum absolute atomic E-state index is 0.0226. The second kappa shape index (κ2) is 8.49. The summed E-state index contributed by atoms with van der Waals surface area (Å²) in [5, 5.41) is 2.54. The van der Waals surface area contributed by atoms with Crippen LogP contribution in [0.4, 0.5) is 4.79 Å². The number of carbonyl (C=O) groups is 2. The smallest absolute Gasteiger partial charge is 0.412 e. The van der Waals surface area contributed by atoms with Gasteiger partial charge in [-0.3, -0.25) is 5.32 Å². The van der Waals surface area contributed by atoms with E-state index in [0.29, 0.717) is 12.8 Å². The minimum Gasteiger partial charge on any atom is -0.464 e. The van der Waals surface area contributed by atoms with Crippen molar-refractivity contribution in [1.82, 2.24) is 5.32 Å². The van der Waals surface area contributed by atoms with Crippen LogP contribution in [0.2, 0.25) is 0 Å². The first-order valence-electron chi connectivity index (χ1n) is 7.93. The van der Waals surface area contributed by atoms with Crippen molar-refractivity contribution in [3.8, 4) is 0 Å². The second-order valence-corrected chi connectivity index (χ2v) is 5.82. The fourth-order valence-electron chi connectivity index (χ4n) is 2.72. The molecule has 2 atom stereocenters. The van der Waals surface area contributed by atoms with Gasteiger partial charge in [-0.15, -0.1) is 0 Å². The van der Waals surface area contributed by atoms with Crippen LogP contribution in [0.5, 0.6) is 0 Å². The largest absolute Gasteiger partial charge is 0.464 e.